The van der Waals surface area contributed by atoms with Crippen LogP contribution in [-0.4, -0.2) is 57.1 Å². The van der Waals surface area contributed by atoms with E-state index in [4.69, 9.17) is 9.26 Å². The summed E-state index contributed by atoms with van der Waals surface area (Å²) in [6.45, 7) is 6.19. The molecule has 9 nitrogen and oxygen atoms in total. The molecule has 0 fully saturated rings. The summed E-state index contributed by atoms with van der Waals surface area (Å²) in [6, 6.07) is 0. The zero-order valence-electron chi connectivity index (χ0n) is 15.5. The second-order valence-corrected chi connectivity index (χ2v) is 6.50. The molecular weight excluding hydrogens is 338 g/mol. The lowest BCUT2D eigenvalue weighted by Gasteiger charge is -2.20. The highest BCUT2D eigenvalue weighted by Gasteiger charge is 2.22. The summed E-state index contributed by atoms with van der Waals surface area (Å²) in [7, 11) is 1.60. The van der Waals surface area contributed by atoms with Gasteiger partial charge in [-0.25, -0.2) is 9.48 Å². The molecule has 26 heavy (non-hydrogen) atoms. The van der Waals surface area contributed by atoms with E-state index in [1.54, 1.807) is 11.7 Å². The molecule has 0 aromatic carbocycles. The lowest BCUT2D eigenvalue weighted by atomic mass is 10.1. The number of nitrogens with zero attached hydrogens (tertiary/aromatic N) is 5. The van der Waals surface area contributed by atoms with Crippen molar-refractivity contribution in [2.75, 3.05) is 26.8 Å². The molecule has 2 aromatic rings. The van der Waals surface area contributed by atoms with Crippen LogP contribution in [0.25, 0.3) is 0 Å². The van der Waals surface area contributed by atoms with E-state index in [2.05, 4.69) is 10.3 Å². The molecule has 2 aromatic heterocycles. The summed E-state index contributed by atoms with van der Waals surface area (Å²) >= 11 is 0. The van der Waals surface area contributed by atoms with Crippen molar-refractivity contribution in [2.24, 2.45) is 0 Å². The average Bonchev–Trinajstić information content (AvgIpc) is 3.00. The molecule has 0 N–H and O–H groups in total. The van der Waals surface area contributed by atoms with Crippen molar-refractivity contribution in [1.29, 1.82) is 0 Å². The Morgan fingerprint density at radius 1 is 1.27 bits per heavy atom. The van der Waals surface area contributed by atoms with Gasteiger partial charge in [-0.1, -0.05) is 5.16 Å². The van der Waals surface area contributed by atoms with Gasteiger partial charge in [-0.3, -0.25) is 9.36 Å². The zero-order chi connectivity index (χ0) is 18.7. The van der Waals surface area contributed by atoms with Crippen molar-refractivity contribution in [3.63, 3.8) is 0 Å². The van der Waals surface area contributed by atoms with E-state index in [0.29, 0.717) is 52.0 Å². The summed E-state index contributed by atoms with van der Waals surface area (Å²) in [5.41, 5.74) is 1.70. The predicted octanol–water partition coefficient (Wildman–Crippen LogP) is 0.314. The number of amides is 1. The van der Waals surface area contributed by atoms with Crippen LogP contribution in [0.2, 0.25) is 0 Å². The van der Waals surface area contributed by atoms with Crippen LogP contribution in [0.4, 0.5) is 0 Å². The molecule has 9 heteroatoms. The van der Waals surface area contributed by atoms with Gasteiger partial charge in [0.25, 0.3) is 0 Å². The van der Waals surface area contributed by atoms with Gasteiger partial charge in [0.1, 0.15) is 11.6 Å². The molecule has 3 rings (SSSR count). The first-order valence-corrected chi connectivity index (χ1v) is 8.86. The Bertz CT molecular complexity index is 815. The fourth-order valence-corrected chi connectivity index (χ4v) is 3.28. The van der Waals surface area contributed by atoms with Gasteiger partial charge in [0, 0.05) is 45.1 Å². The molecule has 0 aliphatic carbocycles. The van der Waals surface area contributed by atoms with E-state index in [0.717, 1.165) is 22.8 Å². The van der Waals surface area contributed by atoms with Crippen LogP contribution in [0.3, 0.4) is 0 Å². The molecule has 0 spiro atoms. The Kier molecular flexibility index (Phi) is 5.55. The van der Waals surface area contributed by atoms with Crippen LogP contribution in [0.1, 0.15) is 29.3 Å². The molecule has 1 amide bonds. The lowest BCUT2D eigenvalue weighted by Crippen LogP contribution is -2.35. The first-order valence-electron chi connectivity index (χ1n) is 8.86. The topological polar surface area (TPSA) is 95.4 Å². The van der Waals surface area contributed by atoms with Crippen molar-refractivity contribution < 1.29 is 14.1 Å². The zero-order valence-corrected chi connectivity index (χ0v) is 15.5. The molecule has 1 aliphatic rings. The van der Waals surface area contributed by atoms with E-state index in [-0.39, 0.29) is 11.6 Å². The molecule has 0 bridgehead atoms. The van der Waals surface area contributed by atoms with Gasteiger partial charge >= 0.3 is 5.69 Å². The maximum absolute atomic E-state index is 12.6. The van der Waals surface area contributed by atoms with Gasteiger partial charge in [0.05, 0.1) is 18.8 Å². The minimum absolute atomic E-state index is 0.0791. The minimum Gasteiger partial charge on any atom is -0.383 e. The Balaban J connectivity index is 1.60. The Hall–Kier alpha value is -2.42. The molecule has 142 valence electrons. The highest BCUT2D eigenvalue weighted by molar-refractivity contribution is 5.76. The Labute approximate surface area is 151 Å². The number of carbonyl (C=O) groups excluding carboxylic acids is 1. The van der Waals surface area contributed by atoms with Crippen LogP contribution in [-0.2, 0) is 35.5 Å². The third-order valence-electron chi connectivity index (χ3n) is 4.83. The highest BCUT2D eigenvalue weighted by Crippen LogP contribution is 2.15. The third-order valence-corrected chi connectivity index (χ3v) is 4.83. The van der Waals surface area contributed by atoms with Crippen molar-refractivity contribution in [3.8, 4) is 0 Å². The van der Waals surface area contributed by atoms with Crippen LogP contribution in [0.5, 0.6) is 0 Å². The summed E-state index contributed by atoms with van der Waals surface area (Å²) in [5, 5.41) is 8.30. The van der Waals surface area contributed by atoms with E-state index < -0.39 is 0 Å². The molecule has 0 saturated heterocycles. The molecule has 0 atom stereocenters. The molecule has 0 radical (unpaired) electrons. The minimum atomic E-state index is -0.137. The van der Waals surface area contributed by atoms with Crippen molar-refractivity contribution >= 4 is 5.91 Å². The monoisotopic (exact) mass is 363 g/mol. The van der Waals surface area contributed by atoms with Crippen LogP contribution in [0.15, 0.2) is 9.32 Å². The molecule has 3 heterocycles. The number of rotatable bonds is 6. The van der Waals surface area contributed by atoms with Crippen molar-refractivity contribution in [2.45, 2.75) is 46.2 Å². The van der Waals surface area contributed by atoms with Gasteiger partial charge in [-0.15, -0.1) is 0 Å². The number of methoxy groups -OCH3 is 1. The fourth-order valence-electron chi connectivity index (χ4n) is 3.28. The summed E-state index contributed by atoms with van der Waals surface area (Å²) < 4.78 is 13.3. The van der Waals surface area contributed by atoms with E-state index in [1.165, 1.54) is 4.68 Å². The smallest absolute Gasteiger partial charge is 0.346 e. The maximum atomic E-state index is 12.6. The highest BCUT2D eigenvalue weighted by atomic mass is 16.5. The molecule has 0 saturated carbocycles. The van der Waals surface area contributed by atoms with E-state index in [9.17, 15) is 9.59 Å². The van der Waals surface area contributed by atoms with Crippen LogP contribution >= 0.6 is 0 Å². The second-order valence-electron chi connectivity index (χ2n) is 6.50. The van der Waals surface area contributed by atoms with E-state index in [1.807, 2.05) is 18.7 Å². The Morgan fingerprint density at radius 2 is 2.08 bits per heavy atom. The quantitative estimate of drug-likeness (QED) is 0.733. The maximum Gasteiger partial charge on any atom is 0.346 e. The molecule has 0 unspecified atom stereocenters. The second kappa shape index (κ2) is 7.86. The summed E-state index contributed by atoms with van der Waals surface area (Å²) in [5.74, 6) is 1.57. The predicted molar refractivity (Wildman–Crippen MR) is 92.9 cm³/mol. The number of carbonyl (C=O) groups is 1. The molecule has 1 aliphatic heterocycles. The average molecular weight is 363 g/mol. The first-order chi connectivity index (χ1) is 12.5. The van der Waals surface area contributed by atoms with Crippen LogP contribution in [0, 0.1) is 13.8 Å². The number of hydrogen-bond donors (Lipinski definition) is 0. The largest absolute Gasteiger partial charge is 0.383 e. The van der Waals surface area contributed by atoms with Gasteiger partial charge in [0.2, 0.25) is 5.91 Å². The van der Waals surface area contributed by atoms with Gasteiger partial charge in [0.15, 0.2) is 0 Å². The normalized spacial score (nSPS) is 14.3. The number of hydrogen-bond acceptors (Lipinski definition) is 6. The first kappa shape index (κ1) is 18.4. The standard InChI is InChI=1S/C17H25N5O4/c1-12-14(13(2)26-19-12)4-5-16(23)20-7-6-15-18-22(10-11-25-3)17(24)21(15)9-8-20/h4-11H2,1-3H3. The van der Waals surface area contributed by atoms with Crippen molar-refractivity contribution in [3.05, 3.63) is 33.3 Å². The van der Waals surface area contributed by atoms with E-state index >= 15 is 0 Å². The number of aryl methyl sites for hydroxylation is 2. The Morgan fingerprint density at radius 3 is 2.77 bits per heavy atom. The van der Waals surface area contributed by atoms with Gasteiger partial charge in [-0.2, -0.15) is 5.10 Å². The number of ether oxygens (including phenoxy) is 1. The summed E-state index contributed by atoms with van der Waals surface area (Å²) in [4.78, 5) is 26.8. The third kappa shape index (κ3) is 3.72. The molecular formula is C17H25N5O4. The summed E-state index contributed by atoms with van der Waals surface area (Å²) in [6.07, 6.45) is 1.60. The lowest BCUT2D eigenvalue weighted by molar-refractivity contribution is -0.131. The van der Waals surface area contributed by atoms with Gasteiger partial charge in [-0.05, 0) is 20.3 Å². The number of aromatic nitrogens is 4. The fraction of sp³-hybridized carbons (Fsp3) is 0.647. The van der Waals surface area contributed by atoms with Gasteiger partial charge < -0.3 is 14.2 Å². The number of fused-ring (bicyclic) bond motifs is 1. The van der Waals surface area contributed by atoms with Crippen molar-refractivity contribution in [1.82, 2.24) is 24.4 Å². The SMILES string of the molecule is COCCn1nc2n(c1=O)CCN(C(=O)CCc1c(C)noc1C)CC2. The van der Waals surface area contributed by atoms with Crippen LogP contribution < -0.4 is 5.69 Å².